The highest BCUT2D eigenvalue weighted by atomic mass is 32.1. The number of rotatable bonds is 8. The van der Waals surface area contributed by atoms with Gasteiger partial charge in [0.2, 0.25) is 0 Å². The fraction of sp³-hybridized carbons (Fsp3) is 0. The molecule has 0 fully saturated rings. The molecule has 7 heteroatoms. The van der Waals surface area contributed by atoms with Crippen molar-refractivity contribution in [3.8, 4) is 86.7 Å². The van der Waals surface area contributed by atoms with E-state index in [9.17, 15) is 0 Å². The predicted molar refractivity (Wildman–Crippen MR) is 372 cm³/mol. The van der Waals surface area contributed by atoms with E-state index in [4.69, 9.17) is 15.0 Å². The van der Waals surface area contributed by atoms with E-state index >= 15 is 0 Å². The molecule has 4 aromatic heterocycles. The van der Waals surface area contributed by atoms with Crippen LogP contribution in [-0.2, 0) is 0 Å². The summed E-state index contributed by atoms with van der Waals surface area (Å²) in [6.45, 7) is 0. The smallest absolute Gasteiger partial charge is 0.124 e. The maximum atomic E-state index is 5.01. The van der Waals surface area contributed by atoms with Crippen molar-refractivity contribution in [2.75, 3.05) is 0 Å². The van der Waals surface area contributed by atoms with Crippen LogP contribution < -0.4 is 0 Å². The van der Waals surface area contributed by atoms with Crippen molar-refractivity contribution in [3.63, 3.8) is 0 Å². The van der Waals surface area contributed by atoms with Gasteiger partial charge in [-0.3, -0.25) is 0 Å². The van der Waals surface area contributed by atoms with E-state index in [1.54, 1.807) is 34.0 Å². The maximum absolute atomic E-state index is 5.01. The van der Waals surface area contributed by atoms with Gasteiger partial charge in [0.05, 0.1) is 30.6 Å². The van der Waals surface area contributed by atoms with Crippen molar-refractivity contribution in [2.45, 2.75) is 0 Å². The average molecular weight is 1160 g/mol. The van der Waals surface area contributed by atoms with Crippen LogP contribution in [0.1, 0.15) is 0 Å². The van der Waals surface area contributed by atoms with Crippen molar-refractivity contribution in [2.24, 2.45) is 0 Å². The molecule has 4 heterocycles. The van der Waals surface area contributed by atoms with E-state index in [0.717, 1.165) is 65.0 Å². The first-order chi connectivity index (χ1) is 42.5. The molecule has 0 spiro atoms. The molecule has 0 aliphatic heterocycles. The Morgan fingerprint density at radius 3 is 0.802 bits per heavy atom. The number of para-hydroxylation sites is 3. The number of nitrogens with zero attached hydrogens (tertiary/aromatic N) is 3. The molecule has 0 N–H and O–H groups in total. The lowest BCUT2D eigenvalue weighted by atomic mass is 9.84. The first-order valence-electron chi connectivity index (χ1n) is 28.8. The number of aromatic nitrogens is 3. The molecule has 0 amide bonds. The van der Waals surface area contributed by atoms with Crippen LogP contribution in [0.2, 0.25) is 0 Å². The summed E-state index contributed by atoms with van der Waals surface area (Å²) in [7, 11) is 0. The quantitative estimate of drug-likeness (QED) is 0.142. The minimum atomic E-state index is 1.03. The largest absolute Gasteiger partial charge is 0.236 e. The van der Waals surface area contributed by atoms with Crippen LogP contribution in [0.3, 0.4) is 0 Å². The van der Waals surface area contributed by atoms with Crippen molar-refractivity contribution < 1.29 is 0 Å². The van der Waals surface area contributed by atoms with E-state index in [2.05, 4.69) is 273 Å². The Morgan fingerprint density at radius 1 is 0.198 bits per heavy atom. The SMILES string of the molecule is c1ccc2sc(-c3ccc(-c4ccc5c6ccc(-c7ccc(-c8nc9ccccc9s8)cc7)cc6c6c7cc(-c8ccc(-c9nc%10ccccc%10s9)cc8)ccc7c7ccc(-c8ccc(-c9nc%10ccccc%10s9)cc8)cc7c6c5c4)cc3)cc2c1. The van der Waals surface area contributed by atoms with Crippen molar-refractivity contribution in [1.82, 2.24) is 15.0 Å². The zero-order valence-electron chi connectivity index (χ0n) is 46.0. The summed E-state index contributed by atoms with van der Waals surface area (Å²) >= 11 is 7.08. The topological polar surface area (TPSA) is 38.7 Å². The molecule has 86 heavy (non-hydrogen) atoms. The molecule has 0 saturated heterocycles. The molecular formula is C79H45N3S4. The molecule has 3 nitrogen and oxygen atoms in total. The highest BCUT2D eigenvalue weighted by Gasteiger charge is 2.21. The Balaban J connectivity index is 0.859. The summed E-state index contributed by atoms with van der Waals surface area (Å²) < 4.78 is 4.90. The standard InChI is InChI=1S/C79H45N3S4/c1-5-13-70-58(9-1)45-74(83-70)50-25-17-46(18-26-50)54-33-37-59-60-38-34-56(48-21-29-52(30-22-48)78-81-68-11-3-7-15-72(68)85-78)43-65(60)76-66-44-57(49-23-31-53(32-24-49)79-82-69-12-4-8-16-73(69)86-79)36-40-62(66)61-39-35-55(42-64(61)75(76)63(59)41-54)47-19-27-51(28-20-47)77-80-67-10-2-6-14-71(67)84-77/h1-45H. The number of thiazole rings is 3. The number of hydrogen-bond acceptors (Lipinski definition) is 7. The fourth-order valence-electron chi connectivity index (χ4n) is 12.8. The van der Waals surface area contributed by atoms with Crippen LogP contribution in [0, 0.1) is 0 Å². The Kier molecular flexibility index (Phi) is 11.4. The van der Waals surface area contributed by atoms with Gasteiger partial charge in [0.15, 0.2) is 0 Å². The molecule has 0 aliphatic carbocycles. The molecule has 0 atom stereocenters. The second-order valence-corrected chi connectivity index (χ2v) is 26.4. The van der Waals surface area contributed by atoms with Crippen molar-refractivity contribution >= 4 is 140 Å². The highest BCUT2D eigenvalue weighted by Crippen LogP contribution is 2.48. The number of hydrogen-bond donors (Lipinski definition) is 0. The summed E-state index contributed by atoms with van der Waals surface area (Å²) in [6, 6.07) is 101. The summed E-state index contributed by atoms with van der Waals surface area (Å²) in [6.07, 6.45) is 0. The van der Waals surface area contributed by atoms with Gasteiger partial charge in [-0.1, -0.05) is 200 Å². The second-order valence-electron chi connectivity index (χ2n) is 22.2. The first-order valence-corrected chi connectivity index (χ1v) is 32.1. The Hall–Kier alpha value is -9.99. The predicted octanol–water partition coefficient (Wildman–Crippen LogP) is 23.8. The van der Waals surface area contributed by atoms with Crippen LogP contribution in [0.5, 0.6) is 0 Å². The van der Waals surface area contributed by atoms with Gasteiger partial charge in [0.25, 0.3) is 0 Å². The van der Waals surface area contributed by atoms with Gasteiger partial charge in [0, 0.05) is 26.3 Å². The van der Waals surface area contributed by atoms with Crippen LogP contribution in [0.25, 0.3) is 181 Å². The van der Waals surface area contributed by atoms with Gasteiger partial charge in [-0.05, 0) is 182 Å². The van der Waals surface area contributed by atoms with Gasteiger partial charge < -0.3 is 0 Å². The first kappa shape index (κ1) is 49.4. The maximum Gasteiger partial charge on any atom is 0.124 e. The fourth-order valence-corrected chi connectivity index (χ4v) is 16.8. The molecule has 0 bridgehead atoms. The summed E-state index contributed by atoms with van der Waals surface area (Å²) in [5.41, 5.74) is 17.1. The molecule has 400 valence electrons. The minimum Gasteiger partial charge on any atom is -0.236 e. The highest BCUT2D eigenvalue weighted by molar-refractivity contribution is 7.23. The average Bonchev–Trinajstić information content (AvgIpc) is 1.11. The Labute approximate surface area is 510 Å². The van der Waals surface area contributed by atoms with Crippen LogP contribution >= 0.6 is 45.3 Å². The molecule has 18 aromatic rings. The van der Waals surface area contributed by atoms with Crippen LogP contribution in [0.4, 0.5) is 0 Å². The lowest BCUT2D eigenvalue weighted by Gasteiger charge is -2.19. The van der Waals surface area contributed by atoms with Gasteiger partial charge >= 0.3 is 0 Å². The third-order valence-corrected chi connectivity index (χ3v) is 21.6. The number of thiophene rings is 1. The zero-order chi connectivity index (χ0) is 56.4. The monoisotopic (exact) mass is 1160 g/mol. The van der Waals surface area contributed by atoms with E-state index < -0.39 is 0 Å². The number of benzene rings is 14. The molecular weight excluding hydrogens is 1120 g/mol. The lowest BCUT2D eigenvalue weighted by Crippen LogP contribution is -1.92. The van der Waals surface area contributed by atoms with E-state index in [1.807, 2.05) is 11.3 Å². The molecule has 0 unspecified atom stereocenters. The molecule has 0 radical (unpaired) electrons. The Morgan fingerprint density at radius 2 is 0.477 bits per heavy atom. The molecule has 18 rings (SSSR count). The van der Waals surface area contributed by atoms with Crippen molar-refractivity contribution in [1.29, 1.82) is 0 Å². The van der Waals surface area contributed by atoms with Gasteiger partial charge in [0.1, 0.15) is 15.0 Å². The molecule has 0 saturated carbocycles. The van der Waals surface area contributed by atoms with E-state index in [0.29, 0.717) is 0 Å². The molecule has 0 aliphatic rings. The summed E-state index contributed by atoms with van der Waals surface area (Å²) in [5, 5.41) is 16.7. The van der Waals surface area contributed by atoms with E-state index in [1.165, 1.54) is 116 Å². The van der Waals surface area contributed by atoms with Crippen LogP contribution in [-0.4, -0.2) is 15.0 Å². The third kappa shape index (κ3) is 8.30. The second kappa shape index (κ2) is 19.8. The normalized spacial score (nSPS) is 12.0. The Bertz CT molecular complexity index is 4910. The van der Waals surface area contributed by atoms with Gasteiger partial charge in [-0.2, -0.15) is 0 Å². The minimum absolute atomic E-state index is 1.03. The van der Waals surface area contributed by atoms with Gasteiger partial charge in [-0.25, -0.2) is 15.0 Å². The molecule has 14 aromatic carbocycles. The summed E-state index contributed by atoms with van der Waals surface area (Å²) in [5.74, 6) is 0. The van der Waals surface area contributed by atoms with Crippen LogP contribution in [0.15, 0.2) is 273 Å². The van der Waals surface area contributed by atoms with E-state index in [-0.39, 0.29) is 0 Å². The zero-order valence-corrected chi connectivity index (χ0v) is 49.2. The lowest BCUT2D eigenvalue weighted by molar-refractivity contribution is 1.48. The summed E-state index contributed by atoms with van der Waals surface area (Å²) in [4.78, 5) is 16.3. The number of fused-ring (bicyclic) bond motifs is 15. The van der Waals surface area contributed by atoms with Gasteiger partial charge in [-0.15, -0.1) is 45.3 Å². The van der Waals surface area contributed by atoms with Crippen molar-refractivity contribution in [3.05, 3.63) is 273 Å². The third-order valence-electron chi connectivity index (χ3n) is 17.2.